The Bertz CT molecular complexity index is 789. The Morgan fingerprint density at radius 2 is 0.957 bits per heavy atom. The van der Waals surface area contributed by atoms with Gasteiger partial charge in [0, 0.05) is 12.8 Å². The van der Waals surface area contributed by atoms with Gasteiger partial charge in [0.2, 0.25) is 0 Å². The lowest BCUT2D eigenvalue weighted by Gasteiger charge is -2.24. The molecule has 0 aromatic carbocycles. The molecule has 0 saturated carbocycles. The van der Waals surface area contributed by atoms with Gasteiger partial charge in [0.15, 0.2) is 6.10 Å². The van der Waals surface area contributed by atoms with E-state index in [0.717, 1.165) is 32.1 Å². The molecule has 0 aromatic rings. The van der Waals surface area contributed by atoms with E-state index in [2.05, 4.69) is 13.8 Å². The lowest BCUT2D eigenvalue weighted by atomic mass is 10.0. The zero-order valence-electron chi connectivity index (χ0n) is 31.3. The normalized spacial score (nSPS) is 13.7. The van der Waals surface area contributed by atoms with Crippen molar-refractivity contribution in [1.82, 2.24) is 0 Å². The van der Waals surface area contributed by atoms with Gasteiger partial charge in [-0.2, -0.15) is 0 Å². The molecule has 1 N–H and O–H groups in total. The Kier molecular flexibility index (Phi) is 30.4. The number of nitrogens with zero attached hydrogens (tertiary/aromatic N) is 1. The fourth-order valence-corrected chi connectivity index (χ4v) is 6.05. The monoisotopic (exact) mass is 693 g/mol. The van der Waals surface area contributed by atoms with Gasteiger partial charge in [0.05, 0.1) is 27.7 Å². The number of unbranched alkanes of at least 4 members (excludes halogenated alkanes) is 21. The van der Waals surface area contributed by atoms with Gasteiger partial charge >= 0.3 is 19.8 Å². The molecule has 0 radical (unpaired) electrons. The number of esters is 2. The van der Waals surface area contributed by atoms with Crippen molar-refractivity contribution in [2.45, 2.75) is 180 Å². The number of carbonyl (C=O) groups excluding carboxylic acids is 2. The number of carbonyl (C=O) groups is 2. The van der Waals surface area contributed by atoms with Crippen molar-refractivity contribution in [3.05, 3.63) is 0 Å². The van der Waals surface area contributed by atoms with Crippen LogP contribution in [0.4, 0.5) is 0 Å². The summed E-state index contributed by atoms with van der Waals surface area (Å²) in [6.07, 6.45) is 27.2. The first-order chi connectivity index (χ1) is 22.5. The highest BCUT2D eigenvalue weighted by atomic mass is 31.2. The minimum Gasteiger partial charge on any atom is -0.462 e. The lowest BCUT2D eigenvalue weighted by Crippen LogP contribution is -2.37. The van der Waals surface area contributed by atoms with Gasteiger partial charge in [-0.1, -0.05) is 149 Å². The molecule has 0 aliphatic rings. The second-order valence-electron chi connectivity index (χ2n) is 14.3. The van der Waals surface area contributed by atoms with E-state index in [4.69, 9.17) is 18.5 Å². The Labute approximate surface area is 289 Å². The number of ether oxygens (including phenoxy) is 2. The summed E-state index contributed by atoms with van der Waals surface area (Å²) in [6, 6.07) is 0. The van der Waals surface area contributed by atoms with E-state index in [-0.39, 0.29) is 25.6 Å². The number of rotatable bonds is 35. The number of phosphoric acid groups is 1. The molecule has 10 heteroatoms. The maximum Gasteiger partial charge on any atom is 0.472 e. The van der Waals surface area contributed by atoms with Gasteiger partial charge in [-0.05, 0) is 12.8 Å². The number of hydrogen-bond acceptors (Lipinski definition) is 7. The average molecular weight is 693 g/mol. The molecule has 0 rings (SSSR count). The standard InChI is InChI=1S/C37H74NO8P/c1-6-8-10-12-14-16-18-19-20-22-23-25-27-29-36(39)43-33-35(34-45-47(41,42)44-32-31-38(3,4)5)46-37(40)30-28-26-24-21-17-15-13-11-9-7-2/h35H,6-34H2,1-5H3/p+1/t35-/m1/s1. The Hall–Kier alpha value is -0.990. The first kappa shape index (κ1) is 46.0. The lowest BCUT2D eigenvalue weighted by molar-refractivity contribution is -0.870. The van der Waals surface area contributed by atoms with Crippen LogP contribution in [0.1, 0.15) is 174 Å². The molecule has 0 aromatic heterocycles. The van der Waals surface area contributed by atoms with Crippen molar-refractivity contribution >= 4 is 19.8 Å². The van der Waals surface area contributed by atoms with Crippen molar-refractivity contribution in [3.8, 4) is 0 Å². The highest BCUT2D eigenvalue weighted by molar-refractivity contribution is 7.47. The van der Waals surface area contributed by atoms with Gasteiger partial charge in [-0.25, -0.2) is 4.57 Å². The third-order valence-corrected chi connectivity index (χ3v) is 9.37. The second-order valence-corrected chi connectivity index (χ2v) is 15.8. The minimum atomic E-state index is -4.36. The smallest absolute Gasteiger partial charge is 0.462 e. The van der Waals surface area contributed by atoms with Crippen LogP contribution in [0, 0.1) is 0 Å². The number of likely N-dealkylation sites (N-methyl/N-ethyl adjacent to an activating group) is 1. The number of hydrogen-bond donors (Lipinski definition) is 1. The molecule has 0 saturated heterocycles. The van der Waals surface area contributed by atoms with Crippen LogP contribution in [0.2, 0.25) is 0 Å². The SMILES string of the molecule is CCCCCCCCCCCCCCCC(=O)OC[C@H](COP(=O)(O)OCC[N+](C)(C)C)OC(=O)CCCCCCCCCCCC. The van der Waals surface area contributed by atoms with E-state index in [9.17, 15) is 19.0 Å². The summed E-state index contributed by atoms with van der Waals surface area (Å²) >= 11 is 0. The molecule has 0 aliphatic heterocycles. The quantitative estimate of drug-likeness (QED) is 0.0303. The molecule has 9 nitrogen and oxygen atoms in total. The summed E-state index contributed by atoms with van der Waals surface area (Å²) in [6.45, 7) is 4.41. The number of quaternary nitrogens is 1. The van der Waals surface area contributed by atoms with E-state index in [1.807, 2.05) is 21.1 Å². The van der Waals surface area contributed by atoms with E-state index in [1.54, 1.807) is 0 Å². The van der Waals surface area contributed by atoms with Crippen molar-refractivity contribution in [2.75, 3.05) is 47.5 Å². The third-order valence-electron chi connectivity index (χ3n) is 8.39. The van der Waals surface area contributed by atoms with Crippen molar-refractivity contribution in [1.29, 1.82) is 0 Å². The first-order valence-electron chi connectivity index (χ1n) is 19.3. The highest BCUT2D eigenvalue weighted by Crippen LogP contribution is 2.43. The summed E-state index contributed by atoms with van der Waals surface area (Å²) in [7, 11) is 1.49. The first-order valence-corrected chi connectivity index (χ1v) is 20.8. The molecular formula is C37H75NO8P+. The molecule has 1 unspecified atom stereocenters. The predicted molar refractivity (Wildman–Crippen MR) is 192 cm³/mol. The zero-order valence-corrected chi connectivity index (χ0v) is 32.2. The van der Waals surface area contributed by atoms with Crippen LogP contribution in [0.3, 0.4) is 0 Å². The van der Waals surface area contributed by atoms with Crippen molar-refractivity contribution in [2.24, 2.45) is 0 Å². The third kappa shape index (κ3) is 34.7. The van der Waals surface area contributed by atoms with Gasteiger partial charge < -0.3 is 18.9 Å². The molecule has 0 bridgehead atoms. The van der Waals surface area contributed by atoms with Crippen molar-refractivity contribution < 1.29 is 42.1 Å². The van der Waals surface area contributed by atoms with Crippen LogP contribution < -0.4 is 0 Å². The summed E-state index contributed by atoms with van der Waals surface area (Å²) in [5.74, 6) is -0.792. The molecule has 47 heavy (non-hydrogen) atoms. The van der Waals surface area contributed by atoms with Gasteiger partial charge in [0.1, 0.15) is 19.8 Å². The Morgan fingerprint density at radius 3 is 1.36 bits per heavy atom. The Balaban J connectivity index is 4.40. The fourth-order valence-electron chi connectivity index (χ4n) is 5.31. The van der Waals surface area contributed by atoms with E-state index >= 15 is 0 Å². The fraction of sp³-hybridized carbons (Fsp3) is 0.946. The van der Waals surface area contributed by atoms with E-state index in [1.165, 1.54) is 109 Å². The molecular weight excluding hydrogens is 617 g/mol. The van der Waals surface area contributed by atoms with Crippen LogP contribution in [-0.4, -0.2) is 74.9 Å². The second kappa shape index (κ2) is 31.0. The Morgan fingerprint density at radius 1 is 0.574 bits per heavy atom. The van der Waals surface area contributed by atoms with Gasteiger partial charge in [0.25, 0.3) is 0 Å². The number of phosphoric ester groups is 1. The van der Waals surface area contributed by atoms with Crippen LogP contribution in [-0.2, 0) is 32.7 Å². The van der Waals surface area contributed by atoms with E-state index in [0.29, 0.717) is 23.9 Å². The van der Waals surface area contributed by atoms with Crippen molar-refractivity contribution in [3.63, 3.8) is 0 Å². The largest absolute Gasteiger partial charge is 0.472 e. The maximum absolute atomic E-state index is 12.6. The van der Waals surface area contributed by atoms with Gasteiger partial charge in [-0.15, -0.1) is 0 Å². The topological polar surface area (TPSA) is 108 Å². The van der Waals surface area contributed by atoms with Crippen LogP contribution in [0.15, 0.2) is 0 Å². The van der Waals surface area contributed by atoms with Crippen LogP contribution in [0.25, 0.3) is 0 Å². The van der Waals surface area contributed by atoms with Gasteiger partial charge in [-0.3, -0.25) is 18.6 Å². The predicted octanol–water partition coefficient (Wildman–Crippen LogP) is 10.1. The molecule has 0 aliphatic carbocycles. The molecule has 0 heterocycles. The van der Waals surface area contributed by atoms with Crippen LogP contribution in [0.5, 0.6) is 0 Å². The molecule has 2 atom stereocenters. The average Bonchev–Trinajstić information content (AvgIpc) is 3.01. The summed E-state index contributed by atoms with van der Waals surface area (Å²) in [4.78, 5) is 35.1. The maximum atomic E-state index is 12.6. The van der Waals surface area contributed by atoms with E-state index < -0.39 is 26.5 Å². The summed E-state index contributed by atoms with van der Waals surface area (Å²) < 4.78 is 34.1. The summed E-state index contributed by atoms with van der Waals surface area (Å²) in [5.41, 5.74) is 0. The minimum absolute atomic E-state index is 0.0363. The van der Waals surface area contributed by atoms with Crippen LogP contribution >= 0.6 is 7.82 Å². The molecule has 0 spiro atoms. The summed E-state index contributed by atoms with van der Waals surface area (Å²) in [5, 5.41) is 0. The zero-order chi connectivity index (χ0) is 35.1. The highest BCUT2D eigenvalue weighted by Gasteiger charge is 2.27. The molecule has 0 amide bonds. The molecule has 0 fully saturated rings. The molecule has 280 valence electrons.